The SMILES string of the molecule is C=C(O)/C=C\C(=C)[S+](c1ccc(O)cc1)c1ccc(O)cc1. The largest absolute Gasteiger partial charge is 0.509 e. The molecule has 0 atom stereocenters. The second-order valence-corrected chi connectivity index (χ2v) is 6.66. The summed E-state index contributed by atoms with van der Waals surface area (Å²) in [7, 11) is -0.485. The Morgan fingerprint density at radius 1 is 0.773 bits per heavy atom. The van der Waals surface area contributed by atoms with Gasteiger partial charge in [-0.3, -0.25) is 0 Å². The number of rotatable bonds is 5. The van der Waals surface area contributed by atoms with Crippen molar-refractivity contribution in [1.82, 2.24) is 0 Å². The van der Waals surface area contributed by atoms with Crippen molar-refractivity contribution in [2.24, 2.45) is 0 Å². The highest BCUT2D eigenvalue weighted by Gasteiger charge is 2.28. The number of aliphatic hydroxyl groups excluding tert-OH is 1. The van der Waals surface area contributed by atoms with E-state index in [0.29, 0.717) is 0 Å². The van der Waals surface area contributed by atoms with Gasteiger partial charge in [0.15, 0.2) is 14.7 Å². The van der Waals surface area contributed by atoms with Crippen LogP contribution in [0.25, 0.3) is 0 Å². The van der Waals surface area contributed by atoms with Gasteiger partial charge in [-0.1, -0.05) is 6.58 Å². The van der Waals surface area contributed by atoms with Gasteiger partial charge in [0.2, 0.25) is 0 Å². The fourth-order valence-corrected chi connectivity index (χ4v) is 3.76. The van der Waals surface area contributed by atoms with Crippen LogP contribution in [0.2, 0.25) is 0 Å². The fraction of sp³-hybridized carbons (Fsp3) is 0. The second kappa shape index (κ2) is 6.91. The molecule has 0 saturated carbocycles. The molecule has 3 nitrogen and oxygen atoms in total. The topological polar surface area (TPSA) is 60.7 Å². The Bertz CT molecular complexity index is 655. The standard InChI is InChI=1S/C18H16O3S/c1-13(19)3-4-14(2)22(17-9-5-15(20)6-10-17)18-11-7-16(21)8-12-18/h3-12H,1-2H2,(H2-,19,20,21)/p+1/b4-3-. The van der Waals surface area contributed by atoms with Crippen molar-refractivity contribution in [3.8, 4) is 11.5 Å². The van der Waals surface area contributed by atoms with E-state index in [9.17, 15) is 15.3 Å². The van der Waals surface area contributed by atoms with E-state index >= 15 is 0 Å². The fourth-order valence-electron chi connectivity index (χ4n) is 1.86. The van der Waals surface area contributed by atoms with Gasteiger partial charge in [0.05, 0.1) is 10.9 Å². The van der Waals surface area contributed by atoms with Crippen LogP contribution in [0.4, 0.5) is 0 Å². The van der Waals surface area contributed by atoms with E-state index in [-0.39, 0.29) is 17.3 Å². The number of hydrogen-bond donors (Lipinski definition) is 3. The lowest BCUT2D eigenvalue weighted by molar-refractivity contribution is 0.435. The van der Waals surface area contributed by atoms with Crippen molar-refractivity contribution >= 4 is 10.9 Å². The van der Waals surface area contributed by atoms with Gasteiger partial charge < -0.3 is 15.3 Å². The van der Waals surface area contributed by atoms with Crippen molar-refractivity contribution in [1.29, 1.82) is 0 Å². The van der Waals surface area contributed by atoms with E-state index in [4.69, 9.17) is 0 Å². The van der Waals surface area contributed by atoms with Gasteiger partial charge in [-0.2, -0.15) is 0 Å². The minimum Gasteiger partial charge on any atom is -0.509 e. The van der Waals surface area contributed by atoms with Crippen molar-refractivity contribution in [2.75, 3.05) is 0 Å². The lowest BCUT2D eigenvalue weighted by Gasteiger charge is -2.08. The molecule has 112 valence electrons. The van der Waals surface area contributed by atoms with Gasteiger partial charge in [0.25, 0.3) is 0 Å². The highest BCUT2D eigenvalue weighted by molar-refractivity contribution is 8.00. The van der Waals surface area contributed by atoms with Crippen molar-refractivity contribution < 1.29 is 15.3 Å². The zero-order chi connectivity index (χ0) is 16.1. The molecule has 0 heterocycles. The van der Waals surface area contributed by atoms with E-state index in [1.807, 2.05) is 24.3 Å². The molecular formula is C18H17O3S+. The molecule has 0 radical (unpaired) electrons. The normalized spacial score (nSPS) is 11.0. The highest BCUT2D eigenvalue weighted by Crippen LogP contribution is 2.32. The lowest BCUT2D eigenvalue weighted by atomic mass is 10.3. The summed E-state index contributed by atoms with van der Waals surface area (Å²) >= 11 is 0. The van der Waals surface area contributed by atoms with Crippen LogP contribution in [-0.4, -0.2) is 15.3 Å². The van der Waals surface area contributed by atoms with Crippen LogP contribution in [0.1, 0.15) is 0 Å². The van der Waals surface area contributed by atoms with Crippen LogP contribution < -0.4 is 0 Å². The molecular weight excluding hydrogens is 296 g/mol. The molecule has 0 fully saturated rings. The maximum atomic E-state index is 9.45. The molecule has 2 rings (SSSR count). The number of benzene rings is 2. The molecule has 0 amide bonds. The summed E-state index contributed by atoms with van der Waals surface area (Å²) in [6, 6.07) is 13.8. The Balaban J connectivity index is 2.44. The first kappa shape index (κ1) is 15.8. The van der Waals surface area contributed by atoms with Crippen LogP contribution in [-0.2, 0) is 10.9 Å². The van der Waals surface area contributed by atoms with Gasteiger partial charge >= 0.3 is 0 Å². The van der Waals surface area contributed by atoms with Crippen LogP contribution in [0.3, 0.4) is 0 Å². The summed E-state index contributed by atoms with van der Waals surface area (Å²) in [6.07, 6.45) is 3.20. The third-order valence-corrected chi connectivity index (χ3v) is 5.02. The van der Waals surface area contributed by atoms with Gasteiger partial charge in [-0.25, -0.2) is 0 Å². The third-order valence-electron chi connectivity index (χ3n) is 2.87. The predicted octanol–water partition coefficient (Wildman–Crippen LogP) is 4.28. The number of aromatic hydroxyl groups is 2. The summed E-state index contributed by atoms with van der Waals surface area (Å²) in [6.45, 7) is 7.49. The van der Waals surface area contributed by atoms with E-state index < -0.39 is 10.9 Å². The summed E-state index contributed by atoms with van der Waals surface area (Å²) in [5, 5.41) is 28.1. The average Bonchev–Trinajstić information content (AvgIpc) is 2.49. The maximum absolute atomic E-state index is 9.45. The number of aliphatic hydroxyl groups is 1. The van der Waals surface area contributed by atoms with E-state index in [0.717, 1.165) is 14.7 Å². The van der Waals surface area contributed by atoms with Crippen molar-refractivity contribution in [2.45, 2.75) is 9.79 Å². The Kier molecular flexibility index (Phi) is 4.96. The number of hydrogen-bond acceptors (Lipinski definition) is 3. The Labute approximate surface area is 132 Å². The molecule has 0 bridgehead atoms. The molecule has 2 aromatic carbocycles. The zero-order valence-corrected chi connectivity index (χ0v) is 12.8. The lowest BCUT2D eigenvalue weighted by Crippen LogP contribution is -2.04. The number of allylic oxidation sites excluding steroid dienone is 2. The van der Waals surface area contributed by atoms with Crippen molar-refractivity contribution in [3.63, 3.8) is 0 Å². The molecule has 0 spiro atoms. The van der Waals surface area contributed by atoms with Crippen LogP contribution in [0.15, 0.2) is 94.3 Å². The average molecular weight is 313 g/mol. The predicted molar refractivity (Wildman–Crippen MR) is 90.2 cm³/mol. The maximum Gasteiger partial charge on any atom is 0.166 e. The molecule has 3 N–H and O–H groups in total. The minimum absolute atomic E-state index is 0.0406. The van der Waals surface area contributed by atoms with E-state index in [2.05, 4.69) is 13.2 Å². The molecule has 0 aromatic heterocycles. The minimum atomic E-state index is -0.485. The van der Waals surface area contributed by atoms with Gasteiger partial charge in [0.1, 0.15) is 17.3 Å². The van der Waals surface area contributed by atoms with Crippen LogP contribution in [0.5, 0.6) is 11.5 Å². The zero-order valence-electron chi connectivity index (χ0n) is 11.9. The van der Waals surface area contributed by atoms with Crippen LogP contribution in [0, 0.1) is 0 Å². The summed E-state index contributed by atoms with van der Waals surface area (Å²) < 4.78 is 0. The molecule has 2 aromatic rings. The van der Waals surface area contributed by atoms with E-state index in [1.165, 1.54) is 6.08 Å². The summed E-state index contributed by atoms with van der Waals surface area (Å²) in [4.78, 5) is 2.73. The van der Waals surface area contributed by atoms with Gasteiger partial charge in [-0.05, 0) is 67.3 Å². The highest BCUT2D eigenvalue weighted by atomic mass is 32.2. The molecule has 4 heteroatoms. The molecule has 0 unspecified atom stereocenters. The first-order valence-electron chi connectivity index (χ1n) is 6.54. The number of phenolic OH excluding ortho intramolecular Hbond substituents is 2. The summed E-state index contributed by atoms with van der Waals surface area (Å²) in [5.74, 6) is 0.354. The van der Waals surface area contributed by atoms with Crippen molar-refractivity contribution in [3.05, 3.63) is 84.5 Å². The molecule has 22 heavy (non-hydrogen) atoms. The monoisotopic (exact) mass is 313 g/mol. The Morgan fingerprint density at radius 2 is 1.18 bits per heavy atom. The van der Waals surface area contributed by atoms with Gasteiger partial charge in [-0.15, -0.1) is 0 Å². The first-order chi connectivity index (χ1) is 10.5. The quantitative estimate of drug-likeness (QED) is 0.439. The molecule has 0 aliphatic rings. The Hall–Kier alpha value is -2.59. The second-order valence-electron chi connectivity index (χ2n) is 4.58. The first-order valence-corrected chi connectivity index (χ1v) is 7.77. The third kappa shape index (κ3) is 3.96. The molecule has 0 saturated heterocycles. The smallest absolute Gasteiger partial charge is 0.166 e. The van der Waals surface area contributed by atoms with E-state index in [1.54, 1.807) is 30.3 Å². The molecule has 0 aliphatic carbocycles. The Morgan fingerprint density at radius 3 is 1.55 bits per heavy atom. The number of phenols is 2. The molecule has 0 aliphatic heterocycles. The van der Waals surface area contributed by atoms with Gasteiger partial charge in [0, 0.05) is 0 Å². The summed E-state index contributed by atoms with van der Waals surface area (Å²) in [5.41, 5.74) is 0. The van der Waals surface area contributed by atoms with Crippen LogP contribution >= 0.6 is 0 Å².